The molecular formula is C15H15BrFNO. The van der Waals surface area contributed by atoms with E-state index >= 15 is 0 Å². The van der Waals surface area contributed by atoms with Crippen LogP contribution in [0.15, 0.2) is 46.9 Å². The fourth-order valence-electron chi connectivity index (χ4n) is 1.81. The quantitative estimate of drug-likeness (QED) is 0.877. The van der Waals surface area contributed by atoms with Crippen LogP contribution in [-0.4, -0.2) is 0 Å². The third-order valence-electron chi connectivity index (χ3n) is 2.82. The van der Waals surface area contributed by atoms with Gasteiger partial charge in [0.25, 0.3) is 0 Å². The molecule has 0 aliphatic rings. The van der Waals surface area contributed by atoms with Crippen LogP contribution in [0.25, 0.3) is 0 Å². The zero-order valence-corrected chi connectivity index (χ0v) is 12.2. The molecule has 0 fully saturated rings. The third-order valence-corrected chi connectivity index (χ3v) is 3.28. The number of para-hydroxylation sites is 1. The molecule has 19 heavy (non-hydrogen) atoms. The van der Waals surface area contributed by atoms with Crippen molar-refractivity contribution < 1.29 is 9.13 Å². The van der Waals surface area contributed by atoms with E-state index in [2.05, 4.69) is 15.9 Å². The molecule has 0 spiro atoms. The Morgan fingerprint density at radius 2 is 2.00 bits per heavy atom. The van der Waals surface area contributed by atoms with Gasteiger partial charge in [-0.05, 0) is 24.6 Å². The Balaban J connectivity index is 2.32. The predicted octanol–water partition coefficient (Wildman–Crippen LogP) is 4.79. The zero-order chi connectivity index (χ0) is 13.8. The highest BCUT2D eigenvalue weighted by Gasteiger charge is 2.11. The first-order valence-corrected chi connectivity index (χ1v) is 6.88. The van der Waals surface area contributed by atoms with Crippen molar-refractivity contribution in [2.45, 2.75) is 19.4 Å². The summed E-state index contributed by atoms with van der Waals surface area (Å²) < 4.78 is 19.7. The van der Waals surface area contributed by atoms with Crippen LogP contribution in [0.1, 0.15) is 24.9 Å². The Morgan fingerprint density at radius 1 is 1.26 bits per heavy atom. The molecule has 0 amide bonds. The number of nitrogens with two attached hydrogens (primary N) is 1. The van der Waals surface area contributed by atoms with Crippen molar-refractivity contribution in [3.05, 3.63) is 58.3 Å². The van der Waals surface area contributed by atoms with E-state index in [4.69, 9.17) is 10.5 Å². The third kappa shape index (κ3) is 3.55. The van der Waals surface area contributed by atoms with E-state index in [0.717, 1.165) is 12.0 Å². The smallest absolute Gasteiger partial charge is 0.132 e. The van der Waals surface area contributed by atoms with E-state index in [9.17, 15) is 4.39 Å². The maximum absolute atomic E-state index is 13.3. The molecule has 0 bridgehead atoms. The lowest BCUT2D eigenvalue weighted by Crippen LogP contribution is -2.09. The standard InChI is InChI=1S/C15H15BrFNO/c1-2-14(18)13-5-3-4-6-15(13)19-12-8-10(16)7-11(17)9-12/h3-9,14H,2,18H2,1H3. The first kappa shape index (κ1) is 14.0. The lowest BCUT2D eigenvalue weighted by atomic mass is 10.0. The van der Waals surface area contributed by atoms with Crippen molar-refractivity contribution in [3.8, 4) is 11.5 Å². The van der Waals surface area contributed by atoms with Crippen molar-refractivity contribution >= 4 is 15.9 Å². The van der Waals surface area contributed by atoms with Crippen molar-refractivity contribution in [2.24, 2.45) is 5.73 Å². The van der Waals surface area contributed by atoms with Gasteiger partial charge in [-0.3, -0.25) is 0 Å². The SMILES string of the molecule is CCC(N)c1ccccc1Oc1cc(F)cc(Br)c1. The largest absolute Gasteiger partial charge is 0.457 e. The molecule has 1 atom stereocenters. The molecule has 100 valence electrons. The Hall–Kier alpha value is -1.39. The molecule has 2 N–H and O–H groups in total. The summed E-state index contributed by atoms with van der Waals surface area (Å²) in [5, 5.41) is 0. The van der Waals surface area contributed by atoms with Crippen molar-refractivity contribution in [2.75, 3.05) is 0 Å². The van der Waals surface area contributed by atoms with Gasteiger partial charge in [-0.15, -0.1) is 0 Å². The summed E-state index contributed by atoms with van der Waals surface area (Å²) >= 11 is 3.24. The number of hydrogen-bond acceptors (Lipinski definition) is 2. The molecule has 0 saturated carbocycles. The number of halogens is 2. The molecule has 2 aromatic carbocycles. The van der Waals surface area contributed by atoms with E-state index in [1.807, 2.05) is 31.2 Å². The molecule has 0 aliphatic carbocycles. The average Bonchev–Trinajstić information content (AvgIpc) is 2.37. The van der Waals surface area contributed by atoms with Gasteiger partial charge in [0.15, 0.2) is 0 Å². The molecular weight excluding hydrogens is 309 g/mol. The highest BCUT2D eigenvalue weighted by molar-refractivity contribution is 9.10. The molecule has 2 rings (SSSR count). The molecule has 2 aromatic rings. The molecule has 0 radical (unpaired) electrons. The lowest BCUT2D eigenvalue weighted by molar-refractivity contribution is 0.463. The van der Waals surface area contributed by atoms with Gasteiger partial charge >= 0.3 is 0 Å². The van der Waals surface area contributed by atoms with Crippen LogP contribution in [0.3, 0.4) is 0 Å². The van der Waals surface area contributed by atoms with Crippen LogP contribution in [0.4, 0.5) is 4.39 Å². The zero-order valence-electron chi connectivity index (χ0n) is 10.6. The van der Waals surface area contributed by atoms with Crippen LogP contribution in [0, 0.1) is 5.82 Å². The van der Waals surface area contributed by atoms with Crippen molar-refractivity contribution in [1.82, 2.24) is 0 Å². The molecule has 1 unspecified atom stereocenters. The summed E-state index contributed by atoms with van der Waals surface area (Å²) in [6.45, 7) is 2.01. The second-order valence-electron chi connectivity index (χ2n) is 4.26. The summed E-state index contributed by atoms with van der Waals surface area (Å²) in [5.41, 5.74) is 6.97. The summed E-state index contributed by atoms with van der Waals surface area (Å²) in [6.07, 6.45) is 0.813. The second-order valence-corrected chi connectivity index (χ2v) is 5.18. The van der Waals surface area contributed by atoms with E-state index in [1.54, 1.807) is 6.07 Å². The molecule has 0 saturated heterocycles. The molecule has 0 heterocycles. The van der Waals surface area contributed by atoms with Gasteiger partial charge in [0.1, 0.15) is 17.3 Å². The van der Waals surface area contributed by atoms with Gasteiger partial charge in [0.05, 0.1) is 0 Å². The monoisotopic (exact) mass is 323 g/mol. The van der Waals surface area contributed by atoms with Gasteiger partial charge in [-0.1, -0.05) is 41.1 Å². The first-order valence-electron chi connectivity index (χ1n) is 6.08. The Labute approximate surface area is 120 Å². The number of hydrogen-bond donors (Lipinski definition) is 1. The number of ether oxygens (including phenoxy) is 1. The molecule has 0 aromatic heterocycles. The number of benzene rings is 2. The summed E-state index contributed by atoms with van der Waals surface area (Å²) in [7, 11) is 0. The lowest BCUT2D eigenvalue weighted by Gasteiger charge is -2.15. The van der Waals surface area contributed by atoms with Crippen molar-refractivity contribution in [1.29, 1.82) is 0 Å². The van der Waals surface area contributed by atoms with Gasteiger partial charge in [0, 0.05) is 22.1 Å². The molecule has 2 nitrogen and oxygen atoms in total. The summed E-state index contributed by atoms with van der Waals surface area (Å²) in [5.74, 6) is 0.763. The highest BCUT2D eigenvalue weighted by atomic mass is 79.9. The van der Waals surface area contributed by atoms with Crippen LogP contribution >= 0.6 is 15.9 Å². The average molecular weight is 324 g/mol. The summed E-state index contributed by atoms with van der Waals surface area (Å²) in [4.78, 5) is 0. The number of rotatable bonds is 4. The Morgan fingerprint density at radius 3 is 2.68 bits per heavy atom. The van der Waals surface area contributed by atoms with E-state index < -0.39 is 0 Å². The highest BCUT2D eigenvalue weighted by Crippen LogP contribution is 2.31. The topological polar surface area (TPSA) is 35.2 Å². The van der Waals surface area contributed by atoms with Gasteiger partial charge in [-0.25, -0.2) is 4.39 Å². The minimum absolute atomic E-state index is 0.0896. The van der Waals surface area contributed by atoms with Gasteiger partial charge in [-0.2, -0.15) is 0 Å². The Bertz CT molecular complexity index is 554. The van der Waals surface area contributed by atoms with Crippen LogP contribution in [0.5, 0.6) is 11.5 Å². The molecule has 4 heteroatoms. The minimum atomic E-state index is -0.346. The fraction of sp³-hybridized carbons (Fsp3) is 0.200. The van der Waals surface area contributed by atoms with E-state index in [-0.39, 0.29) is 11.9 Å². The summed E-state index contributed by atoms with van der Waals surface area (Å²) in [6, 6.07) is 11.9. The van der Waals surface area contributed by atoms with Gasteiger partial charge < -0.3 is 10.5 Å². The molecule has 0 aliphatic heterocycles. The van der Waals surface area contributed by atoms with Crippen LogP contribution in [-0.2, 0) is 0 Å². The Kier molecular flexibility index (Phi) is 4.56. The second kappa shape index (κ2) is 6.17. The van der Waals surface area contributed by atoms with Gasteiger partial charge in [0.2, 0.25) is 0 Å². The van der Waals surface area contributed by atoms with E-state index in [0.29, 0.717) is 16.0 Å². The van der Waals surface area contributed by atoms with Crippen LogP contribution < -0.4 is 10.5 Å². The van der Waals surface area contributed by atoms with Crippen LogP contribution in [0.2, 0.25) is 0 Å². The normalized spacial score (nSPS) is 12.2. The maximum atomic E-state index is 13.3. The minimum Gasteiger partial charge on any atom is -0.457 e. The predicted molar refractivity (Wildman–Crippen MR) is 77.8 cm³/mol. The fourth-order valence-corrected chi connectivity index (χ4v) is 2.26. The first-order chi connectivity index (χ1) is 9.10. The maximum Gasteiger partial charge on any atom is 0.132 e. The van der Waals surface area contributed by atoms with E-state index in [1.165, 1.54) is 12.1 Å². The van der Waals surface area contributed by atoms with Crippen molar-refractivity contribution in [3.63, 3.8) is 0 Å².